The second kappa shape index (κ2) is 13.8. The van der Waals surface area contributed by atoms with E-state index >= 15 is 0 Å². The quantitative estimate of drug-likeness (QED) is 0.299. The van der Waals surface area contributed by atoms with Crippen molar-refractivity contribution >= 4 is 23.6 Å². The fourth-order valence-corrected chi connectivity index (χ4v) is 6.41. The fraction of sp³-hybridized carbons (Fsp3) is 0.394. The number of nitrogens with zero attached hydrogens (tertiary/aromatic N) is 1. The number of rotatable bonds is 11. The number of hydrogen-bond acceptors (Lipinski definition) is 4. The van der Waals surface area contributed by atoms with Gasteiger partial charge in [0, 0.05) is 30.7 Å². The molecule has 1 aliphatic rings. The lowest BCUT2D eigenvalue weighted by Crippen LogP contribution is -2.53. The Bertz CT molecular complexity index is 1150. The van der Waals surface area contributed by atoms with Gasteiger partial charge in [-0.3, -0.25) is 9.59 Å². The van der Waals surface area contributed by atoms with Crippen LogP contribution in [0.1, 0.15) is 56.2 Å². The standard InChI is InChI=1S/C33H40N2O3S/c1-3-4-11-26-16-18-30(19-17-26)39-24-31(34-25(2)36)32(37)35-22-20-29(21-23-35)33(38,27-12-7-5-8-13-27)28-14-9-6-10-15-28/h5-10,12-19,29,31,38H,3-4,11,20-24H2,1-2H3,(H,34,36). The van der Waals surface area contributed by atoms with E-state index in [0.29, 0.717) is 31.7 Å². The highest BCUT2D eigenvalue weighted by atomic mass is 32.2. The third kappa shape index (κ3) is 7.31. The molecule has 0 bridgehead atoms. The second-order valence-corrected chi connectivity index (χ2v) is 11.5. The molecule has 1 unspecified atom stereocenters. The molecule has 1 atom stereocenters. The van der Waals surface area contributed by atoms with Crippen LogP contribution in [-0.2, 0) is 21.6 Å². The molecule has 39 heavy (non-hydrogen) atoms. The van der Waals surface area contributed by atoms with Gasteiger partial charge in [0.2, 0.25) is 11.8 Å². The van der Waals surface area contributed by atoms with Gasteiger partial charge in [0.05, 0.1) is 0 Å². The van der Waals surface area contributed by atoms with Crippen LogP contribution in [0.3, 0.4) is 0 Å². The Labute approximate surface area is 237 Å². The molecule has 2 N–H and O–H groups in total. The number of unbranched alkanes of at least 4 members (excludes halogenated alkanes) is 1. The van der Waals surface area contributed by atoms with E-state index in [9.17, 15) is 14.7 Å². The van der Waals surface area contributed by atoms with Gasteiger partial charge in [-0.05, 0) is 60.4 Å². The van der Waals surface area contributed by atoms with E-state index in [4.69, 9.17) is 0 Å². The maximum absolute atomic E-state index is 13.6. The summed E-state index contributed by atoms with van der Waals surface area (Å²) in [5, 5.41) is 15.0. The molecule has 0 radical (unpaired) electrons. The first-order valence-corrected chi connectivity index (χ1v) is 15.0. The molecule has 1 saturated heterocycles. The SMILES string of the molecule is CCCCc1ccc(SCC(NC(C)=O)C(=O)N2CCC(C(O)(c3ccccc3)c3ccccc3)CC2)cc1. The smallest absolute Gasteiger partial charge is 0.246 e. The average molecular weight is 545 g/mol. The molecule has 206 valence electrons. The Balaban J connectivity index is 1.42. The van der Waals surface area contributed by atoms with Crippen LogP contribution in [0.5, 0.6) is 0 Å². The lowest BCUT2D eigenvalue weighted by molar-refractivity contribution is -0.137. The molecule has 3 aromatic rings. The van der Waals surface area contributed by atoms with Crippen LogP contribution in [-0.4, -0.2) is 46.7 Å². The van der Waals surface area contributed by atoms with Gasteiger partial charge >= 0.3 is 0 Å². The van der Waals surface area contributed by atoms with Crippen molar-refractivity contribution in [3.8, 4) is 0 Å². The molecule has 4 rings (SSSR count). The van der Waals surface area contributed by atoms with E-state index in [1.54, 1.807) is 11.8 Å². The molecule has 3 aromatic carbocycles. The Morgan fingerprint density at radius 3 is 2.03 bits per heavy atom. The average Bonchev–Trinajstić information content (AvgIpc) is 2.98. The topological polar surface area (TPSA) is 69.6 Å². The van der Waals surface area contributed by atoms with Crippen molar-refractivity contribution in [3.63, 3.8) is 0 Å². The molecule has 1 heterocycles. The number of carbonyl (C=O) groups excluding carboxylic acids is 2. The van der Waals surface area contributed by atoms with Gasteiger partial charge in [0.25, 0.3) is 0 Å². The number of nitrogens with one attached hydrogen (secondary N) is 1. The Hall–Kier alpha value is -3.09. The van der Waals surface area contributed by atoms with Gasteiger partial charge in [-0.15, -0.1) is 11.8 Å². The number of piperidine rings is 1. The number of aryl methyl sites for hydroxylation is 1. The molecule has 1 aliphatic heterocycles. The predicted octanol–water partition coefficient (Wildman–Crippen LogP) is 5.80. The van der Waals surface area contributed by atoms with Gasteiger partial charge in [-0.25, -0.2) is 0 Å². The first-order valence-electron chi connectivity index (χ1n) is 14.0. The summed E-state index contributed by atoms with van der Waals surface area (Å²) in [5.74, 6) is 0.177. The van der Waals surface area contributed by atoms with E-state index in [1.165, 1.54) is 25.3 Å². The van der Waals surface area contributed by atoms with Crippen LogP contribution in [0.2, 0.25) is 0 Å². The summed E-state index contributed by atoms with van der Waals surface area (Å²) in [4.78, 5) is 28.5. The normalized spacial score (nSPS) is 15.1. The summed E-state index contributed by atoms with van der Waals surface area (Å²) in [7, 11) is 0. The molecule has 0 aliphatic carbocycles. The maximum Gasteiger partial charge on any atom is 0.246 e. The highest BCUT2D eigenvalue weighted by molar-refractivity contribution is 7.99. The van der Waals surface area contributed by atoms with Crippen molar-refractivity contribution in [3.05, 3.63) is 102 Å². The minimum absolute atomic E-state index is 0.0360. The van der Waals surface area contributed by atoms with Crippen molar-refractivity contribution < 1.29 is 14.7 Å². The zero-order chi connectivity index (χ0) is 27.7. The largest absolute Gasteiger partial charge is 0.380 e. The van der Waals surface area contributed by atoms with E-state index in [2.05, 4.69) is 36.5 Å². The van der Waals surface area contributed by atoms with Crippen molar-refractivity contribution in [1.82, 2.24) is 10.2 Å². The van der Waals surface area contributed by atoms with Crippen molar-refractivity contribution in [2.45, 2.75) is 62.5 Å². The van der Waals surface area contributed by atoms with E-state index < -0.39 is 11.6 Å². The first-order chi connectivity index (χ1) is 18.9. The van der Waals surface area contributed by atoms with Crippen LogP contribution in [0.4, 0.5) is 0 Å². The van der Waals surface area contributed by atoms with Crippen molar-refractivity contribution in [2.75, 3.05) is 18.8 Å². The third-order valence-electron chi connectivity index (χ3n) is 7.66. The highest BCUT2D eigenvalue weighted by Gasteiger charge is 2.42. The Kier molecular flexibility index (Phi) is 10.2. The number of likely N-dealkylation sites (tertiary alicyclic amines) is 1. The number of amides is 2. The van der Waals surface area contributed by atoms with Gasteiger partial charge in [-0.1, -0.05) is 86.1 Å². The van der Waals surface area contributed by atoms with Gasteiger partial charge < -0.3 is 15.3 Å². The summed E-state index contributed by atoms with van der Waals surface area (Å²) in [6, 6.07) is 27.6. The number of carbonyl (C=O) groups is 2. The summed E-state index contributed by atoms with van der Waals surface area (Å²) in [6.45, 7) is 4.73. The fourth-order valence-electron chi connectivity index (χ4n) is 5.49. The van der Waals surface area contributed by atoms with E-state index in [1.807, 2.05) is 65.6 Å². The van der Waals surface area contributed by atoms with Crippen LogP contribution < -0.4 is 5.32 Å². The number of hydrogen-bond donors (Lipinski definition) is 2. The molecule has 1 fully saturated rings. The highest BCUT2D eigenvalue weighted by Crippen LogP contribution is 2.42. The zero-order valence-electron chi connectivity index (χ0n) is 23.0. The summed E-state index contributed by atoms with van der Waals surface area (Å²) < 4.78 is 0. The third-order valence-corrected chi connectivity index (χ3v) is 8.77. The van der Waals surface area contributed by atoms with Crippen LogP contribution in [0.15, 0.2) is 89.8 Å². The van der Waals surface area contributed by atoms with E-state index in [0.717, 1.165) is 22.4 Å². The minimum Gasteiger partial charge on any atom is -0.380 e. The lowest BCUT2D eigenvalue weighted by Gasteiger charge is -2.43. The lowest BCUT2D eigenvalue weighted by atomic mass is 9.72. The molecule has 0 aromatic heterocycles. The maximum atomic E-state index is 13.6. The van der Waals surface area contributed by atoms with Gasteiger partial charge in [0.15, 0.2) is 0 Å². The molecular formula is C33H40N2O3S. The molecule has 6 heteroatoms. The summed E-state index contributed by atoms with van der Waals surface area (Å²) in [6.07, 6.45) is 4.77. The van der Waals surface area contributed by atoms with Gasteiger partial charge in [0.1, 0.15) is 11.6 Å². The van der Waals surface area contributed by atoms with E-state index in [-0.39, 0.29) is 17.7 Å². The number of thioether (sulfide) groups is 1. The molecule has 0 spiro atoms. The van der Waals surface area contributed by atoms with Crippen molar-refractivity contribution in [1.29, 1.82) is 0 Å². The molecule has 2 amide bonds. The molecule has 5 nitrogen and oxygen atoms in total. The predicted molar refractivity (Wildman–Crippen MR) is 159 cm³/mol. The Morgan fingerprint density at radius 2 is 1.51 bits per heavy atom. The summed E-state index contributed by atoms with van der Waals surface area (Å²) in [5.41, 5.74) is 1.93. The second-order valence-electron chi connectivity index (χ2n) is 10.4. The number of aliphatic hydroxyl groups is 1. The first kappa shape index (κ1) is 28.9. The minimum atomic E-state index is -1.13. The monoisotopic (exact) mass is 544 g/mol. The molecular weight excluding hydrogens is 504 g/mol. The van der Waals surface area contributed by atoms with Crippen LogP contribution in [0.25, 0.3) is 0 Å². The van der Waals surface area contributed by atoms with Crippen LogP contribution >= 0.6 is 11.8 Å². The molecule has 0 saturated carbocycles. The number of benzene rings is 3. The Morgan fingerprint density at radius 1 is 0.949 bits per heavy atom. The zero-order valence-corrected chi connectivity index (χ0v) is 23.8. The summed E-state index contributed by atoms with van der Waals surface area (Å²) >= 11 is 1.59. The van der Waals surface area contributed by atoms with Gasteiger partial charge in [-0.2, -0.15) is 0 Å². The van der Waals surface area contributed by atoms with Crippen LogP contribution in [0, 0.1) is 5.92 Å². The van der Waals surface area contributed by atoms with Crippen molar-refractivity contribution in [2.24, 2.45) is 5.92 Å².